The van der Waals surface area contributed by atoms with E-state index in [1.807, 2.05) is 0 Å². The lowest BCUT2D eigenvalue weighted by Crippen LogP contribution is -2.56. The van der Waals surface area contributed by atoms with Gasteiger partial charge in [-0.3, -0.25) is 10.1 Å². The number of carbonyl (C=O) groups is 1. The second-order valence-electron chi connectivity index (χ2n) is 3.59. The number of hydrogen-bond acceptors (Lipinski definition) is 5. The van der Waals surface area contributed by atoms with Crippen molar-refractivity contribution >= 4 is 11.9 Å². The lowest BCUT2D eigenvalue weighted by Gasteiger charge is -2.35. The highest BCUT2D eigenvalue weighted by Gasteiger charge is 2.40. The molecule has 0 aromatic carbocycles. The van der Waals surface area contributed by atoms with Gasteiger partial charge in [-0.2, -0.15) is 0 Å². The number of hydrogen-bond donors (Lipinski definition) is 2. The van der Waals surface area contributed by atoms with Crippen molar-refractivity contribution < 1.29 is 9.21 Å². The monoisotopic (exact) mass is 196 g/mol. The van der Waals surface area contributed by atoms with Crippen LogP contribution in [0.4, 0.5) is 6.01 Å². The van der Waals surface area contributed by atoms with Gasteiger partial charge in [0.05, 0.1) is 5.54 Å². The molecule has 14 heavy (non-hydrogen) atoms. The Morgan fingerprint density at radius 1 is 1.57 bits per heavy atom. The number of nitrogens with zero attached hydrogens (tertiary/aromatic N) is 2. The van der Waals surface area contributed by atoms with E-state index in [0.717, 1.165) is 6.42 Å². The molecule has 1 heterocycles. The molecule has 0 saturated heterocycles. The first kappa shape index (κ1) is 9.14. The number of aromatic nitrogens is 2. The Bertz CT molecular complexity index is 356. The second-order valence-corrected chi connectivity index (χ2v) is 3.59. The van der Waals surface area contributed by atoms with Crippen molar-refractivity contribution in [1.82, 2.24) is 10.2 Å². The zero-order chi connectivity index (χ0) is 10.2. The molecule has 76 valence electrons. The summed E-state index contributed by atoms with van der Waals surface area (Å²) in [5.74, 6) is 0.174. The van der Waals surface area contributed by atoms with Gasteiger partial charge in [-0.25, -0.2) is 0 Å². The first-order valence-electron chi connectivity index (χ1n) is 4.51. The molecule has 1 aromatic heterocycles. The Kier molecular flexibility index (Phi) is 1.99. The molecule has 0 radical (unpaired) electrons. The molecule has 0 bridgehead atoms. The molecule has 6 nitrogen and oxygen atoms in total. The zero-order valence-corrected chi connectivity index (χ0v) is 7.91. The Hall–Kier alpha value is -1.43. The molecule has 1 fully saturated rings. The van der Waals surface area contributed by atoms with Crippen LogP contribution in [0.5, 0.6) is 0 Å². The van der Waals surface area contributed by atoms with Crippen LogP contribution in [0.3, 0.4) is 0 Å². The smallest absolute Gasteiger partial charge is 0.322 e. The summed E-state index contributed by atoms with van der Waals surface area (Å²) >= 11 is 0. The first-order valence-corrected chi connectivity index (χ1v) is 4.51. The summed E-state index contributed by atoms with van der Waals surface area (Å²) < 4.78 is 5.01. The average molecular weight is 196 g/mol. The van der Waals surface area contributed by atoms with Gasteiger partial charge in [0.25, 0.3) is 0 Å². The summed E-state index contributed by atoms with van der Waals surface area (Å²) in [4.78, 5) is 11.6. The van der Waals surface area contributed by atoms with Gasteiger partial charge in [-0.05, 0) is 19.3 Å². The molecule has 0 spiro atoms. The van der Waals surface area contributed by atoms with Crippen molar-refractivity contribution in [3.63, 3.8) is 0 Å². The van der Waals surface area contributed by atoms with Crippen LogP contribution in [-0.4, -0.2) is 21.6 Å². The van der Waals surface area contributed by atoms with Crippen molar-refractivity contribution in [2.75, 3.05) is 5.32 Å². The van der Waals surface area contributed by atoms with Crippen LogP contribution in [-0.2, 0) is 4.79 Å². The van der Waals surface area contributed by atoms with Gasteiger partial charge in [-0.1, -0.05) is 5.10 Å². The van der Waals surface area contributed by atoms with Crippen molar-refractivity contribution in [3.05, 3.63) is 5.89 Å². The van der Waals surface area contributed by atoms with Gasteiger partial charge < -0.3 is 10.2 Å². The van der Waals surface area contributed by atoms with E-state index in [9.17, 15) is 4.79 Å². The molecule has 1 saturated carbocycles. The minimum Gasteiger partial charge on any atom is -0.408 e. The molecule has 0 aliphatic heterocycles. The van der Waals surface area contributed by atoms with E-state index in [0.29, 0.717) is 18.7 Å². The average Bonchev–Trinajstić information content (AvgIpc) is 2.47. The molecule has 6 heteroatoms. The van der Waals surface area contributed by atoms with Crippen LogP contribution in [0.25, 0.3) is 0 Å². The Labute approximate surface area is 80.9 Å². The number of aryl methyl sites for hydroxylation is 1. The Morgan fingerprint density at radius 3 is 2.71 bits per heavy atom. The summed E-state index contributed by atoms with van der Waals surface area (Å²) in [5.41, 5.74) is 5.07. The predicted octanol–water partition coefficient (Wildman–Crippen LogP) is 0.198. The summed E-state index contributed by atoms with van der Waals surface area (Å²) in [6.07, 6.45) is 2.42. The normalized spacial score (nSPS) is 18.7. The number of nitrogens with one attached hydrogen (secondary N) is 1. The third-order valence-electron chi connectivity index (χ3n) is 2.44. The lowest BCUT2D eigenvalue weighted by molar-refractivity contribution is -0.124. The van der Waals surface area contributed by atoms with Gasteiger partial charge in [0, 0.05) is 6.92 Å². The minimum absolute atomic E-state index is 0.115. The first-order chi connectivity index (χ1) is 6.60. The van der Waals surface area contributed by atoms with Gasteiger partial charge in [0.2, 0.25) is 11.8 Å². The van der Waals surface area contributed by atoms with Crippen LogP contribution in [0.1, 0.15) is 25.2 Å². The van der Waals surface area contributed by atoms with E-state index < -0.39 is 5.54 Å². The Morgan fingerprint density at radius 2 is 2.29 bits per heavy atom. The third kappa shape index (κ3) is 1.48. The minimum atomic E-state index is -0.734. The molecule has 3 N–H and O–H groups in total. The fraction of sp³-hybridized carbons (Fsp3) is 0.625. The maximum absolute atomic E-state index is 11.6. The number of carbonyl (C=O) groups excluding carboxylic acids is 1. The zero-order valence-electron chi connectivity index (χ0n) is 7.91. The third-order valence-corrected chi connectivity index (χ3v) is 2.44. The van der Waals surface area contributed by atoms with Crippen LogP contribution in [0.15, 0.2) is 4.42 Å². The van der Waals surface area contributed by atoms with Gasteiger partial charge in [0.1, 0.15) is 0 Å². The van der Waals surface area contributed by atoms with E-state index in [4.69, 9.17) is 10.2 Å². The van der Waals surface area contributed by atoms with Crippen molar-refractivity contribution in [1.29, 1.82) is 0 Å². The second kappa shape index (κ2) is 3.06. The highest BCUT2D eigenvalue weighted by molar-refractivity contribution is 5.97. The summed E-state index contributed by atoms with van der Waals surface area (Å²) in [6, 6.07) is 0.115. The molecule has 1 aliphatic carbocycles. The number of nitrogens with two attached hydrogens (primary N) is 1. The van der Waals surface area contributed by atoms with Crippen LogP contribution >= 0.6 is 0 Å². The number of rotatable bonds is 2. The van der Waals surface area contributed by atoms with Crippen molar-refractivity contribution in [2.24, 2.45) is 5.73 Å². The molecule has 2 rings (SSSR count). The van der Waals surface area contributed by atoms with E-state index in [-0.39, 0.29) is 11.9 Å². The molecular weight excluding hydrogens is 184 g/mol. The fourth-order valence-electron chi connectivity index (χ4n) is 1.35. The van der Waals surface area contributed by atoms with Crippen LogP contribution in [0, 0.1) is 6.92 Å². The quantitative estimate of drug-likeness (QED) is 0.704. The van der Waals surface area contributed by atoms with E-state index in [2.05, 4.69) is 15.5 Å². The summed E-state index contributed by atoms with van der Waals surface area (Å²) in [5, 5.41) is 9.75. The largest absolute Gasteiger partial charge is 0.408 e. The number of amides is 1. The highest BCUT2D eigenvalue weighted by atomic mass is 16.4. The van der Waals surface area contributed by atoms with E-state index in [1.165, 1.54) is 0 Å². The van der Waals surface area contributed by atoms with Crippen LogP contribution < -0.4 is 11.1 Å². The van der Waals surface area contributed by atoms with Gasteiger partial charge >= 0.3 is 6.01 Å². The topological polar surface area (TPSA) is 94.0 Å². The molecule has 1 aromatic rings. The fourth-order valence-corrected chi connectivity index (χ4v) is 1.35. The lowest BCUT2D eigenvalue weighted by atomic mass is 9.77. The maximum Gasteiger partial charge on any atom is 0.322 e. The van der Waals surface area contributed by atoms with Crippen molar-refractivity contribution in [2.45, 2.75) is 31.7 Å². The summed E-state index contributed by atoms with van der Waals surface area (Å²) in [7, 11) is 0. The van der Waals surface area contributed by atoms with Crippen LogP contribution in [0.2, 0.25) is 0 Å². The molecule has 0 atom stereocenters. The molecular formula is C8H12N4O2. The molecule has 0 unspecified atom stereocenters. The summed E-state index contributed by atoms with van der Waals surface area (Å²) in [6.45, 7) is 1.66. The van der Waals surface area contributed by atoms with Gasteiger partial charge in [0.15, 0.2) is 0 Å². The highest BCUT2D eigenvalue weighted by Crippen LogP contribution is 2.29. The molecule has 1 amide bonds. The SMILES string of the molecule is Cc1nnc(NC(=O)C2(N)CCC2)o1. The molecule has 1 aliphatic rings. The Balaban J connectivity index is 2.01. The van der Waals surface area contributed by atoms with Crippen molar-refractivity contribution in [3.8, 4) is 0 Å². The standard InChI is InChI=1S/C8H12N4O2/c1-5-11-12-7(14-5)10-6(13)8(9)3-2-4-8/h2-4,9H2,1H3,(H,10,12,13). The maximum atomic E-state index is 11.6. The van der Waals surface area contributed by atoms with Gasteiger partial charge in [-0.15, -0.1) is 5.10 Å². The predicted molar refractivity (Wildman–Crippen MR) is 48.4 cm³/mol. The van der Waals surface area contributed by atoms with E-state index >= 15 is 0 Å². The number of anilines is 1. The van der Waals surface area contributed by atoms with E-state index in [1.54, 1.807) is 6.92 Å².